The highest BCUT2D eigenvalue weighted by Crippen LogP contribution is 2.37. The Balaban J connectivity index is 1.50. The van der Waals surface area contributed by atoms with Crippen LogP contribution in [0.4, 0.5) is 24.5 Å². The summed E-state index contributed by atoms with van der Waals surface area (Å²) in [6.07, 6.45) is -4.78. The van der Waals surface area contributed by atoms with Crippen LogP contribution < -0.4 is 15.4 Å². The number of ether oxygens (including phenoxy) is 2. The Hall–Kier alpha value is -3.07. The van der Waals surface area contributed by atoms with Gasteiger partial charge in [0.25, 0.3) is 11.8 Å². The number of alkyl halides is 3. The number of hydrogen-bond acceptors (Lipinski definition) is 4. The number of halogens is 3. The SMILES string of the molecule is O=C(Nc1ccc(NC(=O)C2Cc3ccccc3O2)c(C(F)(F)F)c1)C1CCCO1. The second kappa shape index (κ2) is 7.98. The number of carbonyl (C=O) groups is 2. The van der Waals surface area contributed by atoms with Crippen LogP contribution in [-0.4, -0.2) is 30.6 Å². The summed E-state index contributed by atoms with van der Waals surface area (Å²) in [5, 5.41) is 4.75. The molecule has 158 valence electrons. The van der Waals surface area contributed by atoms with Gasteiger partial charge in [0.2, 0.25) is 0 Å². The van der Waals surface area contributed by atoms with Gasteiger partial charge in [-0.25, -0.2) is 0 Å². The van der Waals surface area contributed by atoms with Crippen LogP contribution in [-0.2, 0) is 26.9 Å². The Morgan fingerprint density at radius 3 is 2.47 bits per heavy atom. The fourth-order valence-corrected chi connectivity index (χ4v) is 3.51. The summed E-state index contributed by atoms with van der Waals surface area (Å²) in [4.78, 5) is 24.6. The van der Waals surface area contributed by atoms with Crippen molar-refractivity contribution >= 4 is 23.2 Å². The molecule has 1 fully saturated rings. The van der Waals surface area contributed by atoms with Gasteiger partial charge in [-0.2, -0.15) is 13.2 Å². The van der Waals surface area contributed by atoms with Gasteiger partial charge in [-0.1, -0.05) is 18.2 Å². The first-order chi connectivity index (χ1) is 14.3. The third-order valence-corrected chi connectivity index (χ3v) is 5.01. The summed E-state index contributed by atoms with van der Waals surface area (Å²) in [6.45, 7) is 0.448. The molecule has 30 heavy (non-hydrogen) atoms. The van der Waals surface area contributed by atoms with E-state index in [4.69, 9.17) is 9.47 Å². The molecule has 2 heterocycles. The van der Waals surface area contributed by atoms with Crippen LogP contribution in [0.1, 0.15) is 24.0 Å². The van der Waals surface area contributed by atoms with E-state index in [9.17, 15) is 22.8 Å². The predicted molar refractivity (Wildman–Crippen MR) is 102 cm³/mol. The van der Waals surface area contributed by atoms with Crippen LogP contribution >= 0.6 is 0 Å². The summed E-state index contributed by atoms with van der Waals surface area (Å²) < 4.78 is 51.5. The number of anilines is 2. The van der Waals surface area contributed by atoms with Crippen molar-refractivity contribution in [2.45, 2.75) is 37.6 Å². The van der Waals surface area contributed by atoms with Crippen LogP contribution in [0.2, 0.25) is 0 Å². The lowest BCUT2D eigenvalue weighted by Gasteiger charge is -2.18. The van der Waals surface area contributed by atoms with E-state index in [1.54, 1.807) is 24.3 Å². The van der Waals surface area contributed by atoms with Gasteiger partial charge >= 0.3 is 6.18 Å². The largest absolute Gasteiger partial charge is 0.480 e. The van der Waals surface area contributed by atoms with Crippen molar-refractivity contribution in [2.24, 2.45) is 0 Å². The molecule has 2 unspecified atom stereocenters. The fraction of sp³-hybridized carbons (Fsp3) is 0.333. The average molecular weight is 420 g/mol. The minimum Gasteiger partial charge on any atom is -0.480 e. The highest BCUT2D eigenvalue weighted by Gasteiger charge is 2.36. The number of rotatable bonds is 4. The van der Waals surface area contributed by atoms with Gasteiger partial charge in [-0.3, -0.25) is 9.59 Å². The van der Waals surface area contributed by atoms with Crippen LogP contribution in [0, 0.1) is 0 Å². The maximum Gasteiger partial charge on any atom is 0.418 e. The summed E-state index contributed by atoms with van der Waals surface area (Å²) in [6, 6.07) is 10.3. The molecule has 0 saturated carbocycles. The first-order valence-corrected chi connectivity index (χ1v) is 9.50. The van der Waals surface area contributed by atoms with E-state index in [0.717, 1.165) is 24.1 Å². The quantitative estimate of drug-likeness (QED) is 0.790. The molecular formula is C21H19F3N2O4. The van der Waals surface area contributed by atoms with Crippen LogP contribution in [0.15, 0.2) is 42.5 Å². The van der Waals surface area contributed by atoms with Crippen molar-refractivity contribution < 1.29 is 32.2 Å². The van der Waals surface area contributed by atoms with E-state index in [2.05, 4.69) is 10.6 Å². The molecule has 0 spiro atoms. The Morgan fingerprint density at radius 2 is 1.77 bits per heavy atom. The third kappa shape index (κ3) is 4.25. The van der Waals surface area contributed by atoms with Crippen molar-refractivity contribution in [3.05, 3.63) is 53.6 Å². The number of carbonyl (C=O) groups excluding carboxylic acids is 2. The molecule has 1 saturated heterocycles. The average Bonchev–Trinajstić information content (AvgIpc) is 3.38. The maximum absolute atomic E-state index is 13.6. The van der Waals surface area contributed by atoms with Crippen LogP contribution in [0.5, 0.6) is 5.75 Å². The number of amides is 2. The van der Waals surface area contributed by atoms with E-state index < -0.39 is 41.4 Å². The molecule has 0 aliphatic carbocycles. The first-order valence-electron chi connectivity index (χ1n) is 9.50. The van der Waals surface area contributed by atoms with Gasteiger partial charge in [0.1, 0.15) is 11.9 Å². The molecule has 4 rings (SSSR count). The first kappa shape index (κ1) is 20.2. The van der Waals surface area contributed by atoms with Crippen molar-refractivity contribution in [3.63, 3.8) is 0 Å². The Kier molecular flexibility index (Phi) is 5.38. The molecule has 0 bridgehead atoms. The third-order valence-electron chi connectivity index (χ3n) is 5.01. The molecule has 2 amide bonds. The van der Waals surface area contributed by atoms with Gasteiger partial charge in [0.05, 0.1) is 11.3 Å². The van der Waals surface area contributed by atoms with E-state index in [0.29, 0.717) is 18.8 Å². The molecular weight excluding hydrogens is 401 g/mol. The molecule has 2 aliphatic rings. The number of para-hydroxylation sites is 1. The molecule has 2 aromatic rings. The lowest BCUT2D eigenvalue weighted by atomic mass is 10.1. The fourth-order valence-electron chi connectivity index (χ4n) is 3.51. The topological polar surface area (TPSA) is 76.7 Å². The van der Waals surface area contributed by atoms with E-state index >= 15 is 0 Å². The van der Waals surface area contributed by atoms with Crippen molar-refractivity contribution in [1.82, 2.24) is 0 Å². The van der Waals surface area contributed by atoms with Gasteiger partial charge in [-0.05, 0) is 42.7 Å². The monoisotopic (exact) mass is 420 g/mol. The Morgan fingerprint density at radius 1 is 1.00 bits per heavy atom. The molecule has 2 aliphatic heterocycles. The standard InChI is InChI=1S/C21H19F3N2O4/c22-21(23,24)14-11-13(25-19(27)17-6-3-9-29-17)7-8-15(14)26-20(28)18-10-12-4-1-2-5-16(12)30-18/h1-2,4-5,7-8,11,17-18H,3,6,9-10H2,(H,25,27)(H,26,28). The zero-order valence-corrected chi connectivity index (χ0v) is 15.8. The predicted octanol–water partition coefficient (Wildman–Crippen LogP) is 3.77. The highest BCUT2D eigenvalue weighted by molar-refractivity contribution is 5.97. The van der Waals surface area contributed by atoms with Crippen molar-refractivity contribution in [3.8, 4) is 5.75 Å². The summed E-state index contributed by atoms with van der Waals surface area (Å²) in [5.74, 6) is -0.622. The Bertz CT molecular complexity index is 946. The minimum absolute atomic E-state index is 0.0228. The molecule has 6 nitrogen and oxygen atoms in total. The second-order valence-corrected chi connectivity index (χ2v) is 7.16. The molecule has 2 atom stereocenters. The Labute approximate surface area is 170 Å². The van der Waals surface area contributed by atoms with Crippen LogP contribution in [0.3, 0.4) is 0 Å². The van der Waals surface area contributed by atoms with Gasteiger partial charge < -0.3 is 20.1 Å². The summed E-state index contributed by atoms with van der Waals surface area (Å²) in [5.41, 5.74) is -0.662. The summed E-state index contributed by atoms with van der Waals surface area (Å²) in [7, 11) is 0. The number of fused-ring (bicyclic) bond motifs is 1. The normalized spacial score (nSPS) is 20.4. The molecule has 9 heteroatoms. The minimum atomic E-state index is -4.73. The number of hydrogen-bond donors (Lipinski definition) is 2. The summed E-state index contributed by atoms with van der Waals surface area (Å²) >= 11 is 0. The molecule has 2 aromatic carbocycles. The zero-order valence-electron chi connectivity index (χ0n) is 15.8. The van der Waals surface area contributed by atoms with E-state index in [1.807, 2.05) is 0 Å². The van der Waals surface area contributed by atoms with E-state index in [-0.39, 0.29) is 12.1 Å². The van der Waals surface area contributed by atoms with Gasteiger partial charge in [0.15, 0.2) is 6.10 Å². The number of benzene rings is 2. The lowest BCUT2D eigenvalue weighted by molar-refractivity contribution is -0.137. The zero-order chi connectivity index (χ0) is 21.3. The highest BCUT2D eigenvalue weighted by atomic mass is 19.4. The molecule has 0 radical (unpaired) electrons. The number of nitrogens with one attached hydrogen (secondary N) is 2. The van der Waals surface area contributed by atoms with Gasteiger partial charge in [-0.15, -0.1) is 0 Å². The molecule has 0 aromatic heterocycles. The van der Waals surface area contributed by atoms with Gasteiger partial charge in [0, 0.05) is 18.7 Å². The molecule has 2 N–H and O–H groups in total. The van der Waals surface area contributed by atoms with E-state index in [1.165, 1.54) is 6.07 Å². The lowest BCUT2D eigenvalue weighted by Crippen LogP contribution is -2.32. The second-order valence-electron chi connectivity index (χ2n) is 7.16. The smallest absolute Gasteiger partial charge is 0.418 e. The van der Waals surface area contributed by atoms with Crippen molar-refractivity contribution in [1.29, 1.82) is 0 Å². The maximum atomic E-state index is 13.6. The van der Waals surface area contributed by atoms with Crippen molar-refractivity contribution in [2.75, 3.05) is 17.2 Å². The van der Waals surface area contributed by atoms with Crippen LogP contribution in [0.25, 0.3) is 0 Å².